The first-order chi connectivity index (χ1) is 7.74. The minimum Gasteiger partial charge on any atom is -0.356 e. The summed E-state index contributed by atoms with van der Waals surface area (Å²) in [5, 5.41) is 2.06. The Bertz CT molecular complexity index is 534. The van der Waals surface area contributed by atoms with Crippen molar-refractivity contribution in [3.05, 3.63) is 45.7 Å². The number of H-pyrrole nitrogens is 2. The highest BCUT2D eigenvalue weighted by molar-refractivity contribution is 8.76. The molecule has 0 aliphatic heterocycles. The van der Waals surface area contributed by atoms with Crippen molar-refractivity contribution < 1.29 is 0 Å². The van der Waals surface area contributed by atoms with Gasteiger partial charge in [-0.05, 0) is 45.9 Å². The van der Waals surface area contributed by atoms with E-state index in [9.17, 15) is 0 Å². The zero-order valence-electron chi connectivity index (χ0n) is 8.10. The molecule has 0 aliphatic rings. The molecule has 0 radical (unpaired) electrons. The maximum Gasteiger partial charge on any atom is 0.0847 e. The van der Waals surface area contributed by atoms with E-state index in [1.165, 1.54) is 0 Å². The molecule has 6 heteroatoms. The van der Waals surface area contributed by atoms with E-state index in [1.807, 2.05) is 36.7 Å². The Labute approximate surface area is 111 Å². The first-order valence-corrected chi connectivity index (χ1v) is 7.43. The maximum atomic E-state index is 5.08. The highest BCUT2D eigenvalue weighted by Gasteiger charge is 1.97. The molecule has 16 heavy (non-hydrogen) atoms. The van der Waals surface area contributed by atoms with Crippen LogP contribution in [-0.2, 0) is 0 Å². The smallest absolute Gasteiger partial charge is 0.0847 e. The highest BCUT2D eigenvalue weighted by Crippen LogP contribution is 2.34. The Hall–Kier alpha value is -0.560. The summed E-state index contributed by atoms with van der Waals surface area (Å²) >= 11 is 10.2. The summed E-state index contributed by atoms with van der Waals surface area (Å²) in [6.45, 7) is 0. The van der Waals surface area contributed by atoms with Crippen molar-refractivity contribution in [2.45, 2.75) is 10.1 Å². The van der Waals surface area contributed by atoms with Gasteiger partial charge >= 0.3 is 0 Å². The molecule has 0 amide bonds. The van der Waals surface area contributed by atoms with Crippen molar-refractivity contribution in [1.82, 2.24) is 9.97 Å². The summed E-state index contributed by atoms with van der Waals surface area (Å²) in [5.74, 6) is 0. The van der Waals surface area contributed by atoms with Gasteiger partial charge in [0.05, 0.1) is 10.1 Å². The minimum atomic E-state index is 0.836. The zero-order chi connectivity index (χ0) is 11.4. The Kier molecular flexibility index (Phi) is 4.22. The molecular weight excluding hydrogens is 276 g/mol. The van der Waals surface area contributed by atoms with Gasteiger partial charge < -0.3 is 9.97 Å². The number of hydrogen-bond acceptors (Lipinski definition) is 4. The number of aromatic nitrogens is 2. The molecule has 0 spiro atoms. The summed E-state index contributed by atoms with van der Waals surface area (Å²) < 4.78 is 1.67. The van der Waals surface area contributed by atoms with E-state index in [4.69, 9.17) is 24.4 Å². The van der Waals surface area contributed by atoms with Gasteiger partial charge in [-0.25, -0.2) is 0 Å². The fraction of sp³-hybridized carbons (Fsp3) is 0. The molecule has 0 atom stereocenters. The lowest BCUT2D eigenvalue weighted by Crippen LogP contribution is -1.78. The molecule has 0 fully saturated rings. The van der Waals surface area contributed by atoms with Crippen LogP contribution in [-0.4, -0.2) is 9.97 Å². The number of aromatic amines is 2. The third-order valence-electron chi connectivity index (χ3n) is 1.71. The standard InChI is InChI=1S/C10H8N2S4/c13-7-1-3-11-9(5-7)15-16-10-6-8(14)2-4-12-10/h1-6H,(H,11,13)(H,12,14). The van der Waals surface area contributed by atoms with E-state index in [-0.39, 0.29) is 0 Å². The van der Waals surface area contributed by atoms with E-state index in [0.717, 1.165) is 19.1 Å². The molecule has 0 saturated heterocycles. The van der Waals surface area contributed by atoms with E-state index >= 15 is 0 Å². The lowest BCUT2D eigenvalue weighted by molar-refractivity contribution is 1.13. The second-order valence-corrected chi connectivity index (χ2v) is 6.10. The molecule has 2 N–H and O–H groups in total. The third kappa shape index (κ3) is 3.48. The number of nitrogens with one attached hydrogen (secondary N) is 2. The molecule has 2 aromatic rings. The monoisotopic (exact) mass is 284 g/mol. The van der Waals surface area contributed by atoms with Crippen molar-refractivity contribution in [3.63, 3.8) is 0 Å². The van der Waals surface area contributed by atoms with Crippen LogP contribution in [0.4, 0.5) is 0 Å². The molecule has 2 heterocycles. The zero-order valence-corrected chi connectivity index (χ0v) is 11.4. The van der Waals surface area contributed by atoms with Crippen molar-refractivity contribution in [3.8, 4) is 0 Å². The number of hydrogen-bond donors (Lipinski definition) is 2. The summed E-state index contributed by atoms with van der Waals surface area (Å²) in [6, 6.07) is 7.59. The third-order valence-corrected chi connectivity index (χ3v) is 4.46. The quantitative estimate of drug-likeness (QED) is 0.637. The lowest BCUT2D eigenvalue weighted by Gasteiger charge is -2.00. The molecule has 0 bridgehead atoms. The average molecular weight is 284 g/mol. The Morgan fingerprint density at radius 3 is 1.62 bits per heavy atom. The Balaban J connectivity index is 2.08. The molecule has 2 nitrogen and oxygen atoms in total. The topological polar surface area (TPSA) is 31.6 Å². The fourth-order valence-corrected chi connectivity index (χ4v) is 3.43. The second kappa shape index (κ2) is 5.67. The van der Waals surface area contributed by atoms with Crippen LogP contribution in [0.25, 0.3) is 0 Å². The minimum absolute atomic E-state index is 0.836. The van der Waals surface area contributed by atoms with Crippen LogP contribution in [0.15, 0.2) is 46.7 Å². The Morgan fingerprint density at radius 2 is 1.25 bits per heavy atom. The van der Waals surface area contributed by atoms with Crippen LogP contribution < -0.4 is 0 Å². The van der Waals surface area contributed by atoms with E-state index < -0.39 is 0 Å². The number of pyridine rings is 2. The van der Waals surface area contributed by atoms with Crippen LogP contribution >= 0.6 is 46.0 Å². The van der Waals surface area contributed by atoms with Crippen molar-refractivity contribution in [2.75, 3.05) is 0 Å². The average Bonchev–Trinajstić information content (AvgIpc) is 2.27. The van der Waals surface area contributed by atoms with E-state index in [1.54, 1.807) is 21.6 Å². The summed E-state index contributed by atoms with van der Waals surface area (Å²) in [6.07, 6.45) is 3.69. The van der Waals surface area contributed by atoms with E-state index in [0.29, 0.717) is 0 Å². The second-order valence-electron chi connectivity index (χ2n) is 2.94. The molecule has 0 aliphatic carbocycles. The SMILES string of the molecule is S=c1cc[nH]c(SSc2cc(=S)cc[nH]2)c1. The maximum absolute atomic E-state index is 5.08. The summed E-state index contributed by atoms with van der Waals surface area (Å²) in [4.78, 5) is 6.26. The summed E-state index contributed by atoms with van der Waals surface area (Å²) in [7, 11) is 3.23. The van der Waals surface area contributed by atoms with Crippen LogP contribution in [0.2, 0.25) is 0 Å². The van der Waals surface area contributed by atoms with Crippen LogP contribution in [0.5, 0.6) is 0 Å². The molecule has 2 aromatic heterocycles. The first kappa shape index (κ1) is 11.9. The van der Waals surface area contributed by atoms with Crippen molar-refractivity contribution in [1.29, 1.82) is 0 Å². The normalized spacial score (nSPS) is 10.2. The predicted octanol–water partition coefficient (Wildman–Crippen LogP) is 4.60. The van der Waals surface area contributed by atoms with Gasteiger partial charge in [0.25, 0.3) is 0 Å². The predicted molar refractivity (Wildman–Crippen MR) is 75.0 cm³/mol. The number of rotatable bonds is 3. The van der Waals surface area contributed by atoms with Crippen molar-refractivity contribution in [2.24, 2.45) is 0 Å². The molecule has 0 saturated carbocycles. The van der Waals surface area contributed by atoms with Gasteiger partial charge in [-0.15, -0.1) is 0 Å². The molecule has 82 valence electrons. The van der Waals surface area contributed by atoms with Gasteiger partial charge in [0.2, 0.25) is 0 Å². The molecule has 0 unspecified atom stereocenters. The largest absolute Gasteiger partial charge is 0.356 e. The summed E-state index contributed by atoms with van der Waals surface area (Å²) in [5.41, 5.74) is 0. The van der Waals surface area contributed by atoms with Crippen molar-refractivity contribution >= 4 is 46.0 Å². The van der Waals surface area contributed by atoms with Gasteiger partial charge in [0.15, 0.2) is 0 Å². The molecule has 0 aromatic carbocycles. The van der Waals surface area contributed by atoms with Crippen LogP contribution in [0.1, 0.15) is 0 Å². The Morgan fingerprint density at radius 1 is 0.812 bits per heavy atom. The molecule has 2 rings (SSSR count). The van der Waals surface area contributed by atoms with Crippen LogP contribution in [0, 0.1) is 9.02 Å². The van der Waals surface area contributed by atoms with Gasteiger partial charge in [-0.2, -0.15) is 0 Å². The van der Waals surface area contributed by atoms with Crippen LogP contribution in [0.3, 0.4) is 0 Å². The van der Waals surface area contributed by atoms with E-state index in [2.05, 4.69) is 9.97 Å². The molecular formula is C10H8N2S4. The first-order valence-electron chi connectivity index (χ1n) is 4.46. The van der Waals surface area contributed by atoms with Gasteiger partial charge in [-0.3, -0.25) is 0 Å². The highest BCUT2D eigenvalue weighted by atomic mass is 33.1. The lowest BCUT2D eigenvalue weighted by atomic mass is 10.5. The van der Waals surface area contributed by atoms with Gasteiger partial charge in [0.1, 0.15) is 0 Å². The fourth-order valence-electron chi connectivity index (χ4n) is 1.04. The van der Waals surface area contributed by atoms with Gasteiger partial charge in [-0.1, -0.05) is 24.4 Å². The van der Waals surface area contributed by atoms with Gasteiger partial charge in [0, 0.05) is 21.4 Å².